The van der Waals surface area contributed by atoms with Gasteiger partial charge in [-0.2, -0.15) is 0 Å². The van der Waals surface area contributed by atoms with Gasteiger partial charge >= 0.3 is 0 Å². The number of aliphatic hydroxyl groups is 2. The van der Waals surface area contributed by atoms with Crippen LogP contribution in [0, 0.1) is 0 Å². The van der Waals surface area contributed by atoms with Gasteiger partial charge in [0, 0.05) is 13.0 Å². The topological polar surface area (TPSA) is 66.5 Å². The van der Waals surface area contributed by atoms with Crippen LogP contribution in [0.1, 0.15) is 31.1 Å². The minimum absolute atomic E-state index is 0.197. The number of rotatable bonds is 4. The molecule has 1 aromatic carbocycles. The molecule has 3 heteroatoms. The SMILES string of the molecule is CC(C)(O)Cc1ccccc1C(O)CN. The predicted molar refractivity (Wildman–Crippen MR) is 60.5 cm³/mol. The first-order chi connectivity index (χ1) is 6.94. The first kappa shape index (κ1) is 12.2. The molecule has 0 aromatic heterocycles. The maximum absolute atomic E-state index is 9.74. The van der Waals surface area contributed by atoms with E-state index >= 15 is 0 Å². The second-order valence-electron chi connectivity index (χ2n) is 4.44. The Labute approximate surface area is 90.5 Å². The molecular weight excluding hydrogens is 190 g/mol. The van der Waals surface area contributed by atoms with Crippen molar-refractivity contribution in [3.63, 3.8) is 0 Å². The van der Waals surface area contributed by atoms with Gasteiger partial charge in [-0.05, 0) is 25.0 Å². The van der Waals surface area contributed by atoms with Crippen molar-refractivity contribution in [2.24, 2.45) is 5.73 Å². The monoisotopic (exact) mass is 209 g/mol. The standard InChI is InChI=1S/C12H19NO2/c1-12(2,15)7-9-5-3-4-6-10(9)11(14)8-13/h3-6,11,14-15H,7-8,13H2,1-2H3. The van der Waals surface area contributed by atoms with Gasteiger partial charge in [0.05, 0.1) is 11.7 Å². The van der Waals surface area contributed by atoms with Crippen LogP contribution in [0.15, 0.2) is 24.3 Å². The van der Waals surface area contributed by atoms with Crippen LogP contribution < -0.4 is 5.73 Å². The van der Waals surface area contributed by atoms with Gasteiger partial charge in [-0.1, -0.05) is 24.3 Å². The van der Waals surface area contributed by atoms with Crippen LogP contribution in [0.4, 0.5) is 0 Å². The summed E-state index contributed by atoms with van der Waals surface area (Å²) >= 11 is 0. The van der Waals surface area contributed by atoms with Crippen molar-refractivity contribution < 1.29 is 10.2 Å². The van der Waals surface area contributed by atoms with Crippen molar-refractivity contribution in [1.29, 1.82) is 0 Å². The van der Waals surface area contributed by atoms with E-state index in [4.69, 9.17) is 5.73 Å². The molecule has 84 valence electrons. The highest BCUT2D eigenvalue weighted by atomic mass is 16.3. The smallest absolute Gasteiger partial charge is 0.0914 e. The predicted octanol–water partition coefficient (Wildman–Crippen LogP) is 0.992. The van der Waals surface area contributed by atoms with Crippen molar-refractivity contribution in [2.45, 2.75) is 32.0 Å². The summed E-state index contributed by atoms with van der Waals surface area (Å²) in [5.74, 6) is 0. The third-order valence-corrected chi connectivity index (χ3v) is 2.26. The Kier molecular flexibility index (Phi) is 3.85. The molecular formula is C12H19NO2. The van der Waals surface area contributed by atoms with Crippen LogP contribution in [0.25, 0.3) is 0 Å². The number of aliphatic hydroxyl groups excluding tert-OH is 1. The van der Waals surface area contributed by atoms with Crippen LogP contribution >= 0.6 is 0 Å². The third kappa shape index (κ3) is 3.63. The quantitative estimate of drug-likeness (QED) is 0.693. The first-order valence-electron chi connectivity index (χ1n) is 5.12. The Balaban J connectivity index is 2.96. The summed E-state index contributed by atoms with van der Waals surface area (Å²) in [4.78, 5) is 0. The summed E-state index contributed by atoms with van der Waals surface area (Å²) < 4.78 is 0. The molecule has 4 N–H and O–H groups in total. The van der Waals surface area contributed by atoms with Crippen LogP contribution in [0.3, 0.4) is 0 Å². The average Bonchev–Trinajstić information content (AvgIpc) is 2.15. The zero-order valence-corrected chi connectivity index (χ0v) is 9.27. The Morgan fingerprint density at radius 3 is 2.47 bits per heavy atom. The van der Waals surface area contributed by atoms with Crippen molar-refractivity contribution in [1.82, 2.24) is 0 Å². The molecule has 0 fully saturated rings. The molecule has 3 nitrogen and oxygen atoms in total. The molecule has 1 unspecified atom stereocenters. The molecule has 1 aromatic rings. The summed E-state index contributed by atoms with van der Waals surface area (Å²) in [6.45, 7) is 3.69. The molecule has 1 rings (SSSR count). The molecule has 0 spiro atoms. The number of benzene rings is 1. The van der Waals surface area contributed by atoms with E-state index in [0.717, 1.165) is 11.1 Å². The maximum Gasteiger partial charge on any atom is 0.0914 e. The number of hydrogen-bond donors (Lipinski definition) is 3. The van der Waals surface area contributed by atoms with Gasteiger partial charge in [-0.25, -0.2) is 0 Å². The summed E-state index contributed by atoms with van der Waals surface area (Å²) in [5.41, 5.74) is 6.41. The molecule has 0 heterocycles. The van der Waals surface area contributed by atoms with Gasteiger partial charge in [0.15, 0.2) is 0 Å². The molecule has 1 atom stereocenters. The molecule has 0 radical (unpaired) electrons. The average molecular weight is 209 g/mol. The van der Waals surface area contributed by atoms with E-state index in [1.54, 1.807) is 13.8 Å². The molecule has 0 aliphatic heterocycles. The lowest BCUT2D eigenvalue weighted by Crippen LogP contribution is -2.24. The van der Waals surface area contributed by atoms with Crippen molar-refractivity contribution in [2.75, 3.05) is 6.54 Å². The van der Waals surface area contributed by atoms with Crippen molar-refractivity contribution >= 4 is 0 Å². The van der Waals surface area contributed by atoms with Gasteiger partial charge in [0.1, 0.15) is 0 Å². The van der Waals surface area contributed by atoms with Gasteiger partial charge in [0.25, 0.3) is 0 Å². The van der Waals surface area contributed by atoms with E-state index in [9.17, 15) is 10.2 Å². The summed E-state index contributed by atoms with van der Waals surface area (Å²) in [6.07, 6.45) is -0.135. The van der Waals surface area contributed by atoms with E-state index in [2.05, 4.69) is 0 Å². The van der Waals surface area contributed by atoms with Crippen molar-refractivity contribution in [3.8, 4) is 0 Å². The lowest BCUT2D eigenvalue weighted by atomic mass is 9.92. The lowest BCUT2D eigenvalue weighted by Gasteiger charge is -2.21. The summed E-state index contributed by atoms with van der Waals surface area (Å²) in [5, 5.41) is 19.4. The minimum Gasteiger partial charge on any atom is -0.390 e. The molecule has 15 heavy (non-hydrogen) atoms. The number of hydrogen-bond acceptors (Lipinski definition) is 3. The minimum atomic E-state index is -0.773. The fourth-order valence-electron chi connectivity index (χ4n) is 1.61. The fraction of sp³-hybridized carbons (Fsp3) is 0.500. The molecule has 0 saturated heterocycles. The van der Waals surface area contributed by atoms with E-state index in [0.29, 0.717) is 6.42 Å². The maximum atomic E-state index is 9.74. The first-order valence-corrected chi connectivity index (χ1v) is 5.12. The van der Waals surface area contributed by atoms with E-state index in [1.807, 2.05) is 24.3 Å². The van der Waals surface area contributed by atoms with E-state index in [1.165, 1.54) is 0 Å². The highest BCUT2D eigenvalue weighted by Crippen LogP contribution is 2.21. The van der Waals surface area contributed by atoms with Gasteiger partial charge in [-0.3, -0.25) is 0 Å². The van der Waals surface area contributed by atoms with E-state index < -0.39 is 11.7 Å². The summed E-state index contributed by atoms with van der Waals surface area (Å²) in [6, 6.07) is 7.51. The lowest BCUT2D eigenvalue weighted by molar-refractivity contribution is 0.0798. The van der Waals surface area contributed by atoms with E-state index in [-0.39, 0.29) is 6.54 Å². The van der Waals surface area contributed by atoms with Crippen LogP contribution in [-0.4, -0.2) is 22.4 Å². The second kappa shape index (κ2) is 4.75. The highest BCUT2D eigenvalue weighted by molar-refractivity contribution is 5.30. The fourth-order valence-corrected chi connectivity index (χ4v) is 1.61. The van der Waals surface area contributed by atoms with Gasteiger partial charge in [0.2, 0.25) is 0 Å². The summed E-state index contributed by atoms with van der Waals surface area (Å²) in [7, 11) is 0. The van der Waals surface area contributed by atoms with Crippen LogP contribution in [0.2, 0.25) is 0 Å². The molecule has 0 amide bonds. The second-order valence-corrected chi connectivity index (χ2v) is 4.44. The van der Waals surface area contributed by atoms with Crippen molar-refractivity contribution in [3.05, 3.63) is 35.4 Å². The van der Waals surface area contributed by atoms with Gasteiger partial charge < -0.3 is 15.9 Å². The zero-order valence-electron chi connectivity index (χ0n) is 9.27. The molecule has 0 saturated carbocycles. The Morgan fingerprint density at radius 2 is 1.93 bits per heavy atom. The van der Waals surface area contributed by atoms with Gasteiger partial charge in [-0.15, -0.1) is 0 Å². The molecule has 0 bridgehead atoms. The normalized spacial score (nSPS) is 13.9. The largest absolute Gasteiger partial charge is 0.390 e. The molecule has 0 aliphatic carbocycles. The Morgan fingerprint density at radius 1 is 1.33 bits per heavy atom. The van der Waals surface area contributed by atoms with Crippen LogP contribution in [0.5, 0.6) is 0 Å². The Bertz CT molecular complexity index is 318. The highest BCUT2D eigenvalue weighted by Gasteiger charge is 2.17. The molecule has 0 aliphatic rings. The third-order valence-electron chi connectivity index (χ3n) is 2.26. The Hall–Kier alpha value is -0.900. The van der Waals surface area contributed by atoms with Crippen LogP contribution in [-0.2, 0) is 6.42 Å². The number of nitrogens with two attached hydrogens (primary N) is 1. The zero-order chi connectivity index (χ0) is 11.5.